The van der Waals surface area contributed by atoms with E-state index < -0.39 is 0 Å². The third-order valence-corrected chi connectivity index (χ3v) is 4.38. The maximum atomic E-state index is 4.50. The summed E-state index contributed by atoms with van der Waals surface area (Å²) in [4.78, 5) is 4.50. The average molecular weight is 329 g/mol. The highest BCUT2D eigenvalue weighted by Crippen LogP contribution is 2.13. The van der Waals surface area contributed by atoms with Crippen molar-refractivity contribution >= 4 is 16.1 Å². The smallest absolute Gasteiger partial charge is 0.115 e. The van der Waals surface area contributed by atoms with E-state index >= 15 is 0 Å². The molecule has 0 radical (unpaired) electrons. The largest absolute Gasteiger partial charge is 0.270 e. The first-order valence-corrected chi connectivity index (χ1v) is 8.66. The molecule has 0 unspecified atom stereocenters. The maximum absolute atomic E-state index is 4.50. The van der Waals surface area contributed by atoms with Crippen LogP contribution in [0.2, 0.25) is 0 Å². The molecule has 0 aliphatic heterocycles. The van der Waals surface area contributed by atoms with Crippen LogP contribution in [0.4, 0.5) is 0 Å². The van der Waals surface area contributed by atoms with E-state index in [4.69, 9.17) is 0 Å². The Morgan fingerprint density at radius 1 is 0.947 bits per heavy atom. The van der Waals surface area contributed by atoms with E-state index in [0.717, 1.165) is 12.2 Å². The molecule has 0 atom stereocenters. The molecule has 0 aliphatic carbocycles. The summed E-state index contributed by atoms with van der Waals surface area (Å²) in [5.74, 6) is 1.04. The second kappa shape index (κ2) is 10.5. The van der Waals surface area contributed by atoms with Crippen molar-refractivity contribution in [3.8, 4) is 0 Å². The van der Waals surface area contributed by atoms with E-state index in [2.05, 4.69) is 34.3 Å². The van der Waals surface area contributed by atoms with Crippen LogP contribution >= 0.6 is 16.1 Å². The van der Waals surface area contributed by atoms with Gasteiger partial charge >= 0.3 is 0 Å². The summed E-state index contributed by atoms with van der Waals surface area (Å²) in [5, 5.41) is 0. The van der Waals surface area contributed by atoms with E-state index in [1.165, 1.54) is 69.9 Å². The van der Waals surface area contributed by atoms with Crippen LogP contribution in [0.5, 0.6) is 0 Å². The van der Waals surface area contributed by atoms with Crippen LogP contribution in [-0.2, 0) is 6.42 Å². The molecule has 1 heterocycles. The first-order valence-electron chi connectivity index (χ1n) is 7.95. The maximum Gasteiger partial charge on any atom is 0.115 e. The molecule has 0 saturated heterocycles. The normalized spacial score (nSPS) is 11.1. The minimum Gasteiger partial charge on any atom is -0.270 e. The van der Waals surface area contributed by atoms with Gasteiger partial charge in [-0.05, 0) is 19.8 Å². The summed E-state index contributed by atoms with van der Waals surface area (Å²) in [6.07, 6.45) is 17.2. The zero-order valence-electron chi connectivity index (χ0n) is 12.6. The Bertz CT molecular complexity index is 314. The summed E-state index contributed by atoms with van der Waals surface area (Å²) in [6, 6.07) is 0. The first kappa shape index (κ1) is 16.7. The van der Waals surface area contributed by atoms with Gasteiger partial charge < -0.3 is 0 Å². The van der Waals surface area contributed by atoms with Crippen molar-refractivity contribution in [3.05, 3.63) is 17.7 Å². The lowest BCUT2D eigenvalue weighted by atomic mass is 10.1. The molecule has 0 aromatic carbocycles. The topological polar surface area (TPSA) is 17.8 Å². The highest BCUT2D eigenvalue weighted by Gasteiger charge is 2.01. The zero-order valence-corrected chi connectivity index (χ0v) is 14.2. The number of hydrogen-bond donors (Lipinski definition) is 0. The summed E-state index contributed by atoms with van der Waals surface area (Å²) < 4.78 is 1.93. The summed E-state index contributed by atoms with van der Waals surface area (Å²) in [7, 11) is 0. The van der Waals surface area contributed by atoms with Crippen LogP contribution < -0.4 is 0 Å². The molecule has 19 heavy (non-hydrogen) atoms. The van der Waals surface area contributed by atoms with Crippen molar-refractivity contribution < 1.29 is 0 Å². The van der Waals surface area contributed by atoms with E-state index in [1.807, 2.05) is 10.5 Å². The predicted molar refractivity (Wildman–Crippen MR) is 86.8 cm³/mol. The lowest BCUT2D eigenvalue weighted by Gasteiger charge is -2.01. The Balaban J connectivity index is 1.88. The first-order chi connectivity index (χ1) is 9.24. The third kappa shape index (κ3) is 7.76. The van der Waals surface area contributed by atoms with E-state index in [0.29, 0.717) is 0 Å². The van der Waals surface area contributed by atoms with Crippen molar-refractivity contribution in [3.63, 3.8) is 0 Å². The minimum atomic E-state index is 1.04. The summed E-state index contributed by atoms with van der Waals surface area (Å²) >= 11 is 3.44. The van der Waals surface area contributed by atoms with Crippen molar-refractivity contribution in [2.45, 2.75) is 84.5 Å². The fraction of sp³-hybridized carbons (Fsp3) is 0.812. The van der Waals surface area contributed by atoms with Crippen LogP contribution in [0.1, 0.15) is 82.7 Å². The molecular formula is C16H29BrN2. The lowest BCUT2D eigenvalue weighted by Crippen LogP contribution is -1.87. The SMILES string of the molecule is CCCCCCCCCCCCc1cn(Br)c(C)n1. The zero-order chi connectivity index (χ0) is 13.9. The van der Waals surface area contributed by atoms with Crippen LogP contribution in [0, 0.1) is 6.92 Å². The second-order valence-corrected chi connectivity index (χ2v) is 6.29. The van der Waals surface area contributed by atoms with Crippen molar-refractivity contribution in [2.24, 2.45) is 0 Å². The Morgan fingerprint density at radius 2 is 1.47 bits per heavy atom. The number of rotatable bonds is 11. The Hall–Kier alpha value is -0.310. The average Bonchev–Trinajstić information content (AvgIpc) is 2.71. The monoisotopic (exact) mass is 328 g/mol. The highest BCUT2D eigenvalue weighted by molar-refractivity contribution is 9.08. The molecule has 0 bridgehead atoms. The molecule has 0 spiro atoms. The van der Waals surface area contributed by atoms with Gasteiger partial charge in [-0.1, -0.05) is 64.7 Å². The number of hydrogen-bond acceptors (Lipinski definition) is 1. The number of aromatic nitrogens is 2. The predicted octanol–water partition coefficient (Wildman–Crippen LogP) is 5.81. The van der Waals surface area contributed by atoms with Gasteiger partial charge in [-0.25, -0.2) is 4.98 Å². The molecule has 2 nitrogen and oxygen atoms in total. The van der Waals surface area contributed by atoms with Gasteiger partial charge in [0.1, 0.15) is 5.82 Å². The van der Waals surface area contributed by atoms with Crippen LogP contribution in [-0.4, -0.2) is 8.58 Å². The van der Waals surface area contributed by atoms with Gasteiger partial charge in [0.15, 0.2) is 0 Å². The van der Waals surface area contributed by atoms with Crippen molar-refractivity contribution in [1.82, 2.24) is 8.58 Å². The number of imidazole rings is 1. The van der Waals surface area contributed by atoms with Crippen LogP contribution in [0.15, 0.2) is 6.20 Å². The van der Waals surface area contributed by atoms with E-state index in [-0.39, 0.29) is 0 Å². The quantitative estimate of drug-likeness (QED) is 0.468. The Kier molecular flexibility index (Phi) is 9.23. The molecule has 0 N–H and O–H groups in total. The van der Waals surface area contributed by atoms with E-state index in [9.17, 15) is 0 Å². The van der Waals surface area contributed by atoms with Gasteiger partial charge in [0.2, 0.25) is 0 Å². The lowest BCUT2D eigenvalue weighted by molar-refractivity contribution is 0.555. The molecule has 0 saturated carbocycles. The fourth-order valence-corrected chi connectivity index (χ4v) is 2.74. The molecule has 1 rings (SSSR count). The fourth-order valence-electron chi connectivity index (χ4n) is 2.42. The van der Waals surface area contributed by atoms with Crippen LogP contribution in [0.25, 0.3) is 0 Å². The molecule has 0 amide bonds. The summed E-state index contributed by atoms with van der Waals surface area (Å²) in [5.41, 5.74) is 1.22. The third-order valence-electron chi connectivity index (χ3n) is 3.66. The number of unbranched alkanes of at least 4 members (excludes halogenated alkanes) is 9. The van der Waals surface area contributed by atoms with Gasteiger partial charge in [-0.3, -0.25) is 3.59 Å². The molecule has 1 aromatic heterocycles. The van der Waals surface area contributed by atoms with Gasteiger partial charge in [0.25, 0.3) is 0 Å². The van der Waals surface area contributed by atoms with E-state index in [1.54, 1.807) is 0 Å². The summed E-state index contributed by atoms with van der Waals surface area (Å²) in [6.45, 7) is 4.30. The van der Waals surface area contributed by atoms with Gasteiger partial charge in [-0.15, -0.1) is 0 Å². The minimum absolute atomic E-state index is 1.04. The Labute approximate surface area is 127 Å². The van der Waals surface area contributed by atoms with Gasteiger partial charge in [0, 0.05) is 6.20 Å². The molecule has 1 aromatic rings. The molecule has 0 fully saturated rings. The number of aryl methyl sites for hydroxylation is 2. The number of halogens is 1. The molecule has 0 aliphatic rings. The second-order valence-electron chi connectivity index (χ2n) is 5.52. The highest BCUT2D eigenvalue weighted by atomic mass is 79.9. The van der Waals surface area contributed by atoms with Crippen LogP contribution in [0.3, 0.4) is 0 Å². The molecular weight excluding hydrogens is 300 g/mol. The Morgan fingerprint density at radius 3 is 1.95 bits per heavy atom. The molecule has 3 heteroatoms. The van der Waals surface area contributed by atoms with Crippen molar-refractivity contribution in [1.29, 1.82) is 0 Å². The van der Waals surface area contributed by atoms with Gasteiger partial charge in [0.05, 0.1) is 21.8 Å². The van der Waals surface area contributed by atoms with Gasteiger partial charge in [-0.2, -0.15) is 0 Å². The standard InChI is InChI=1S/C16H29BrN2/c1-3-4-5-6-7-8-9-10-11-12-13-16-14-19(17)15(2)18-16/h14H,3-13H2,1-2H3. The van der Waals surface area contributed by atoms with Crippen molar-refractivity contribution in [2.75, 3.05) is 0 Å². The molecule has 110 valence electrons. The number of nitrogens with zero attached hydrogens (tertiary/aromatic N) is 2.